The fourth-order valence-corrected chi connectivity index (χ4v) is 1.61. The highest BCUT2D eigenvalue weighted by molar-refractivity contribution is 5.43. The van der Waals surface area contributed by atoms with Gasteiger partial charge in [0, 0.05) is 17.7 Å². The molecule has 0 radical (unpaired) electrons. The Bertz CT molecular complexity index is 391. The summed E-state index contributed by atoms with van der Waals surface area (Å²) in [5.74, 6) is 0.322. The van der Waals surface area contributed by atoms with Crippen LogP contribution in [0.1, 0.15) is 37.4 Å². The van der Waals surface area contributed by atoms with E-state index < -0.39 is 0 Å². The number of nitro benzene ring substituents is 1. The van der Waals surface area contributed by atoms with Crippen LogP contribution in [0.3, 0.4) is 0 Å². The predicted octanol–water partition coefficient (Wildman–Crippen LogP) is 2.95. The van der Waals surface area contributed by atoms with E-state index in [1.54, 1.807) is 19.1 Å². The number of benzene rings is 1. The molecule has 1 unspecified atom stereocenters. The Morgan fingerprint density at radius 3 is 2.62 bits per heavy atom. The van der Waals surface area contributed by atoms with Gasteiger partial charge in [-0.05, 0) is 18.4 Å². The lowest BCUT2D eigenvalue weighted by Crippen LogP contribution is -2.18. The summed E-state index contributed by atoms with van der Waals surface area (Å²) in [5.41, 5.74) is 7.71. The fourth-order valence-electron chi connectivity index (χ4n) is 1.61. The summed E-state index contributed by atoms with van der Waals surface area (Å²) in [6, 6.07) is 5.09. The molecule has 0 amide bonds. The van der Waals surface area contributed by atoms with Gasteiger partial charge in [-0.3, -0.25) is 10.1 Å². The monoisotopic (exact) mass is 222 g/mol. The van der Waals surface area contributed by atoms with E-state index in [-0.39, 0.29) is 16.7 Å². The SMILES string of the molecule is CCC(C)[C@@H](N)c1ccc(C)c([N+](=O)[O-])c1. The van der Waals surface area contributed by atoms with Crippen LogP contribution < -0.4 is 5.73 Å². The lowest BCUT2D eigenvalue weighted by atomic mass is 9.92. The molecular formula is C12H18N2O2. The molecule has 1 aromatic carbocycles. The summed E-state index contributed by atoms with van der Waals surface area (Å²) in [4.78, 5) is 10.4. The van der Waals surface area contributed by atoms with Gasteiger partial charge in [0.05, 0.1) is 4.92 Å². The minimum absolute atomic E-state index is 0.135. The minimum Gasteiger partial charge on any atom is -0.324 e. The number of hydrogen-bond donors (Lipinski definition) is 1. The molecule has 4 nitrogen and oxygen atoms in total. The van der Waals surface area contributed by atoms with Crippen molar-refractivity contribution < 1.29 is 4.92 Å². The molecule has 0 saturated heterocycles. The zero-order chi connectivity index (χ0) is 12.3. The van der Waals surface area contributed by atoms with Gasteiger partial charge in [0.1, 0.15) is 0 Å². The number of hydrogen-bond acceptors (Lipinski definition) is 3. The second kappa shape index (κ2) is 5.07. The van der Waals surface area contributed by atoms with Crippen LogP contribution in [0.25, 0.3) is 0 Å². The molecule has 0 heterocycles. The van der Waals surface area contributed by atoms with Crippen molar-refractivity contribution >= 4 is 5.69 Å². The van der Waals surface area contributed by atoms with E-state index >= 15 is 0 Å². The third kappa shape index (κ3) is 2.58. The Hall–Kier alpha value is -1.42. The minimum atomic E-state index is -0.359. The summed E-state index contributed by atoms with van der Waals surface area (Å²) in [5, 5.41) is 10.8. The van der Waals surface area contributed by atoms with Gasteiger partial charge in [-0.1, -0.05) is 32.4 Å². The predicted molar refractivity (Wildman–Crippen MR) is 64.2 cm³/mol. The largest absolute Gasteiger partial charge is 0.324 e. The van der Waals surface area contributed by atoms with Gasteiger partial charge in [-0.25, -0.2) is 0 Å². The van der Waals surface area contributed by atoms with Crippen LogP contribution in [0.15, 0.2) is 18.2 Å². The summed E-state index contributed by atoms with van der Waals surface area (Å²) < 4.78 is 0. The first-order valence-electron chi connectivity index (χ1n) is 5.47. The van der Waals surface area contributed by atoms with Crippen molar-refractivity contribution in [1.29, 1.82) is 0 Å². The molecule has 0 aliphatic heterocycles. The Balaban J connectivity index is 3.07. The van der Waals surface area contributed by atoms with E-state index in [9.17, 15) is 10.1 Å². The second-order valence-electron chi connectivity index (χ2n) is 4.21. The molecule has 0 saturated carbocycles. The molecule has 4 heteroatoms. The fraction of sp³-hybridized carbons (Fsp3) is 0.500. The van der Waals surface area contributed by atoms with Crippen molar-refractivity contribution in [2.45, 2.75) is 33.2 Å². The normalized spacial score (nSPS) is 14.5. The third-order valence-corrected chi connectivity index (χ3v) is 3.07. The van der Waals surface area contributed by atoms with Gasteiger partial charge in [0.2, 0.25) is 0 Å². The van der Waals surface area contributed by atoms with E-state index in [4.69, 9.17) is 5.73 Å². The van der Waals surface area contributed by atoms with Crippen LogP contribution in [-0.2, 0) is 0 Å². The van der Waals surface area contributed by atoms with Gasteiger partial charge in [0.25, 0.3) is 5.69 Å². The Morgan fingerprint density at radius 2 is 2.12 bits per heavy atom. The number of nitro groups is 1. The van der Waals surface area contributed by atoms with E-state index in [1.807, 2.05) is 6.07 Å². The molecule has 2 atom stereocenters. The maximum absolute atomic E-state index is 10.8. The van der Waals surface area contributed by atoms with Gasteiger partial charge in [0.15, 0.2) is 0 Å². The average molecular weight is 222 g/mol. The molecule has 0 fully saturated rings. The van der Waals surface area contributed by atoms with Gasteiger partial charge in [-0.15, -0.1) is 0 Å². The smallest absolute Gasteiger partial charge is 0.272 e. The highest BCUT2D eigenvalue weighted by atomic mass is 16.6. The molecule has 1 aromatic rings. The molecule has 0 aliphatic carbocycles. The molecular weight excluding hydrogens is 204 g/mol. The van der Waals surface area contributed by atoms with Crippen LogP contribution in [-0.4, -0.2) is 4.92 Å². The topological polar surface area (TPSA) is 69.2 Å². The lowest BCUT2D eigenvalue weighted by Gasteiger charge is -2.18. The molecule has 1 rings (SSSR count). The molecule has 0 spiro atoms. The number of nitrogens with two attached hydrogens (primary N) is 1. The Kier molecular flexibility index (Phi) is 4.01. The van der Waals surface area contributed by atoms with Crippen LogP contribution in [0, 0.1) is 23.0 Å². The molecule has 2 N–H and O–H groups in total. The van der Waals surface area contributed by atoms with Crippen molar-refractivity contribution in [3.63, 3.8) is 0 Å². The quantitative estimate of drug-likeness (QED) is 0.629. The summed E-state index contributed by atoms with van der Waals surface area (Å²) in [7, 11) is 0. The van der Waals surface area contributed by atoms with E-state index in [1.165, 1.54) is 0 Å². The number of aryl methyl sites for hydroxylation is 1. The highest BCUT2D eigenvalue weighted by Gasteiger charge is 2.17. The summed E-state index contributed by atoms with van der Waals surface area (Å²) in [6.07, 6.45) is 0.961. The maximum Gasteiger partial charge on any atom is 0.272 e. The highest BCUT2D eigenvalue weighted by Crippen LogP contribution is 2.27. The molecule has 0 bridgehead atoms. The zero-order valence-electron chi connectivity index (χ0n) is 9.93. The molecule has 0 aliphatic rings. The third-order valence-electron chi connectivity index (χ3n) is 3.07. The van der Waals surface area contributed by atoms with E-state index in [0.29, 0.717) is 11.5 Å². The van der Waals surface area contributed by atoms with Gasteiger partial charge < -0.3 is 5.73 Å². The second-order valence-corrected chi connectivity index (χ2v) is 4.21. The van der Waals surface area contributed by atoms with Crippen molar-refractivity contribution in [3.8, 4) is 0 Å². The average Bonchev–Trinajstić information content (AvgIpc) is 2.27. The summed E-state index contributed by atoms with van der Waals surface area (Å²) in [6.45, 7) is 5.85. The van der Waals surface area contributed by atoms with Crippen LogP contribution in [0.5, 0.6) is 0 Å². The lowest BCUT2D eigenvalue weighted by molar-refractivity contribution is -0.385. The van der Waals surface area contributed by atoms with Crippen LogP contribution >= 0.6 is 0 Å². The van der Waals surface area contributed by atoms with Gasteiger partial charge in [-0.2, -0.15) is 0 Å². The first-order valence-corrected chi connectivity index (χ1v) is 5.47. The number of rotatable bonds is 4. The molecule has 0 aromatic heterocycles. The van der Waals surface area contributed by atoms with Crippen molar-refractivity contribution in [3.05, 3.63) is 39.4 Å². The van der Waals surface area contributed by atoms with Crippen LogP contribution in [0.4, 0.5) is 5.69 Å². The van der Waals surface area contributed by atoms with Crippen molar-refractivity contribution in [1.82, 2.24) is 0 Å². The Labute approximate surface area is 95.6 Å². The van der Waals surface area contributed by atoms with Crippen molar-refractivity contribution in [2.75, 3.05) is 0 Å². The van der Waals surface area contributed by atoms with E-state index in [2.05, 4.69) is 13.8 Å². The van der Waals surface area contributed by atoms with Crippen molar-refractivity contribution in [2.24, 2.45) is 11.7 Å². The first-order chi connectivity index (χ1) is 7.47. The standard InChI is InChI=1S/C12H18N2O2/c1-4-8(2)12(13)10-6-5-9(3)11(7-10)14(15)16/h5-8,12H,4,13H2,1-3H3/t8?,12-/m1/s1. The van der Waals surface area contributed by atoms with Crippen LogP contribution in [0.2, 0.25) is 0 Å². The Morgan fingerprint density at radius 1 is 1.50 bits per heavy atom. The number of nitrogens with zero attached hydrogens (tertiary/aromatic N) is 1. The first kappa shape index (κ1) is 12.6. The summed E-state index contributed by atoms with van der Waals surface area (Å²) >= 11 is 0. The maximum atomic E-state index is 10.8. The molecule has 16 heavy (non-hydrogen) atoms. The van der Waals surface area contributed by atoms with E-state index in [0.717, 1.165) is 12.0 Å². The molecule has 88 valence electrons. The van der Waals surface area contributed by atoms with Gasteiger partial charge >= 0.3 is 0 Å². The zero-order valence-corrected chi connectivity index (χ0v) is 9.93.